The number of hydrogen-bond donors (Lipinski definition) is 2. The van der Waals surface area contributed by atoms with Crippen molar-refractivity contribution < 1.29 is 0 Å². The molecule has 2 aromatic rings. The van der Waals surface area contributed by atoms with Crippen molar-refractivity contribution in [3.8, 4) is 0 Å². The van der Waals surface area contributed by atoms with E-state index in [1.807, 2.05) is 24.3 Å². The molecule has 0 radical (unpaired) electrons. The van der Waals surface area contributed by atoms with Gasteiger partial charge in [-0.3, -0.25) is 14.9 Å². The first-order valence-corrected chi connectivity index (χ1v) is 8.97. The van der Waals surface area contributed by atoms with Crippen LogP contribution in [0.2, 0.25) is 0 Å². The molecule has 3 N–H and O–H groups in total. The third kappa shape index (κ3) is 7.29. The van der Waals surface area contributed by atoms with Crippen molar-refractivity contribution in [1.82, 2.24) is 15.2 Å². The number of benzene rings is 1. The predicted molar refractivity (Wildman–Crippen MR) is 120 cm³/mol. The summed E-state index contributed by atoms with van der Waals surface area (Å²) in [5.74, 6) is 0.490. The highest BCUT2D eigenvalue weighted by Gasteiger charge is 2.17. The number of halogens is 1. The summed E-state index contributed by atoms with van der Waals surface area (Å²) < 4.78 is 0. The number of likely N-dealkylation sites (N-methyl/N-ethyl adjacent to an activating group) is 1. The number of nitrogens with one attached hydrogen (secondary N) is 1. The number of aromatic nitrogens is 1. The van der Waals surface area contributed by atoms with Gasteiger partial charge in [-0.15, -0.1) is 24.0 Å². The maximum atomic E-state index is 6.05. The van der Waals surface area contributed by atoms with E-state index < -0.39 is 0 Å². The average Bonchev–Trinajstić information content (AvgIpc) is 2.66. The Hall–Kier alpha value is -1.67. The summed E-state index contributed by atoms with van der Waals surface area (Å²) in [4.78, 5) is 11.3. The summed E-state index contributed by atoms with van der Waals surface area (Å²) in [7, 11) is 0. The average molecular weight is 467 g/mol. The summed E-state index contributed by atoms with van der Waals surface area (Å²) in [5.41, 5.74) is 8.37. The molecule has 1 aromatic heterocycles. The molecule has 1 atom stereocenters. The molecule has 6 heteroatoms. The third-order valence-corrected chi connectivity index (χ3v) is 4.29. The predicted octanol–water partition coefficient (Wildman–Crippen LogP) is 3.23. The van der Waals surface area contributed by atoms with E-state index in [0.29, 0.717) is 12.5 Å². The van der Waals surface area contributed by atoms with Crippen molar-refractivity contribution in [3.63, 3.8) is 0 Å². The van der Waals surface area contributed by atoms with Gasteiger partial charge in [0, 0.05) is 24.9 Å². The van der Waals surface area contributed by atoms with Crippen molar-refractivity contribution in [2.75, 3.05) is 26.2 Å². The molecular formula is C20H30IN5. The van der Waals surface area contributed by atoms with Crippen molar-refractivity contribution in [2.45, 2.75) is 26.3 Å². The Balaban J connectivity index is 0.00000338. The topological polar surface area (TPSA) is 66.5 Å². The minimum absolute atomic E-state index is 0. The molecule has 0 aliphatic rings. The van der Waals surface area contributed by atoms with Crippen molar-refractivity contribution in [3.05, 3.63) is 66.0 Å². The van der Waals surface area contributed by atoms with Gasteiger partial charge < -0.3 is 11.1 Å². The van der Waals surface area contributed by atoms with Crippen molar-refractivity contribution >= 4 is 29.9 Å². The minimum atomic E-state index is 0. The van der Waals surface area contributed by atoms with Crippen LogP contribution in [-0.4, -0.2) is 42.0 Å². The molecular weight excluding hydrogens is 437 g/mol. The van der Waals surface area contributed by atoms with Crippen LogP contribution in [0.5, 0.6) is 0 Å². The molecule has 0 aliphatic heterocycles. The number of nitrogens with zero attached hydrogens (tertiary/aromatic N) is 3. The molecule has 142 valence electrons. The standard InChI is InChI=1S/C20H29N5.HI/c1-3-25(4-2)19(17-10-6-5-7-11-17)16-24-20(21)23-15-13-18-12-8-9-14-22-18;/h5-12,14,19H,3-4,13,15-16H2,1-2H3,(H3,21,23,24);1H. The van der Waals surface area contributed by atoms with Crippen molar-refractivity contribution in [1.29, 1.82) is 0 Å². The Morgan fingerprint density at radius 3 is 2.42 bits per heavy atom. The van der Waals surface area contributed by atoms with E-state index in [1.54, 1.807) is 6.20 Å². The second kappa shape index (κ2) is 12.6. The molecule has 2 rings (SSSR count). The summed E-state index contributed by atoms with van der Waals surface area (Å²) in [5, 5.41) is 3.18. The van der Waals surface area contributed by atoms with Gasteiger partial charge in [0.25, 0.3) is 0 Å². The number of rotatable bonds is 9. The van der Waals surface area contributed by atoms with Gasteiger partial charge in [0.1, 0.15) is 0 Å². The molecule has 1 heterocycles. The second-order valence-electron chi connectivity index (χ2n) is 5.87. The quantitative estimate of drug-likeness (QED) is 0.338. The maximum Gasteiger partial charge on any atom is 0.188 e. The lowest BCUT2D eigenvalue weighted by atomic mass is 10.1. The van der Waals surface area contributed by atoms with Crippen LogP contribution in [0.15, 0.2) is 59.7 Å². The van der Waals surface area contributed by atoms with Crippen molar-refractivity contribution in [2.24, 2.45) is 10.7 Å². The number of nitrogens with two attached hydrogens (primary N) is 1. The Bertz CT molecular complexity index is 629. The largest absolute Gasteiger partial charge is 0.370 e. The maximum absolute atomic E-state index is 6.05. The lowest BCUT2D eigenvalue weighted by Crippen LogP contribution is -2.35. The van der Waals surface area contributed by atoms with Crippen LogP contribution < -0.4 is 11.1 Å². The Morgan fingerprint density at radius 2 is 1.81 bits per heavy atom. The zero-order valence-electron chi connectivity index (χ0n) is 15.6. The van der Waals surface area contributed by atoms with E-state index >= 15 is 0 Å². The van der Waals surface area contributed by atoms with Crippen LogP contribution in [-0.2, 0) is 6.42 Å². The lowest BCUT2D eigenvalue weighted by Gasteiger charge is -2.29. The van der Waals surface area contributed by atoms with Gasteiger partial charge in [-0.25, -0.2) is 0 Å². The van der Waals surface area contributed by atoms with E-state index in [9.17, 15) is 0 Å². The summed E-state index contributed by atoms with van der Waals surface area (Å²) in [6.45, 7) is 7.70. The zero-order chi connectivity index (χ0) is 17.9. The van der Waals surface area contributed by atoms with Gasteiger partial charge in [-0.05, 0) is 30.8 Å². The fourth-order valence-electron chi connectivity index (χ4n) is 2.88. The van der Waals surface area contributed by atoms with Gasteiger partial charge in [-0.2, -0.15) is 0 Å². The Kier molecular flexibility index (Phi) is 10.9. The van der Waals surface area contributed by atoms with Crippen LogP contribution in [0.4, 0.5) is 0 Å². The molecule has 1 unspecified atom stereocenters. The normalized spacial score (nSPS) is 12.5. The van der Waals surface area contributed by atoms with E-state index in [-0.39, 0.29) is 30.0 Å². The molecule has 0 saturated heterocycles. The molecule has 0 aliphatic carbocycles. The lowest BCUT2D eigenvalue weighted by molar-refractivity contribution is 0.224. The number of aliphatic imine (C=N–C) groups is 1. The smallest absolute Gasteiger partial charge is 0.188 e. The molecule has 0 bridgehead atoms. The molecule has 0 amide bonds. The first-order valence-electron chi connectivity index (χ1n) is 8.97. The van der Waals surface area contributed by atoms with Crippen LogP contribution in [0.3, 0.4) is 0 Å². The first kappa shape index (κ1) is 22.4. The highest BCUT2D eigenvalue weighted by atomic mass is 127. The monoisotopic (exact) mass is 467 g/mol. The fraction of sp³-hybridized carbons (Fsp3) is 0.400. The van der Waals surface area contributed by atoms with E-state index in [1.165, 1.54) is 5.56 Å². The second-order valence-corrected chi connectivity index (χ2v) is 5.87. The van der Waals surface area contributed by atoms with E-state index in [0.717, 1.165) is 31.7 Å². The Labute approximate surface area is 174 Å². The van der Waals surface area contributed by atoms with Crippen LogP contribution in [0.1, 0.15) is 31.1 Å². The number of pyridine rings is 1. The number of guanidine groups is 1. The summed E-state index contributed by atoms with van der Waals surface area (Å²) in [6, 6.07) is 16.7. The molecule has 0 spiro atoms. The van der Waals surface area contributed by atoms with Gasteiger partial charge in [0.2, 0.25) is 0 Å². The van der Waals surface area contributed by atoms with E-state index in [4.69, 9.17) is 5.73 Å². The zero-order valence-corrected chi connectivity index (χ0v) is 18.0. The summed E-state index contributed by atoms with van der Waals surface area (Å²) >= 11 is 0. The third-order valence-electron chi connectivity index (χ3n) is 4.29. The first-order chi connectivity index (χ1) is 12.2. The highest BCUT2D eigenvalue weighted by molar-refractivity contribution is 14.0. The minimum Gasteiger partial charge on any atom is -0.370 e. The Morgan fingerprint density at radius 1 is 1.12 bits per heavy atom. The highest BCUT2D eigenvalue weighted by Crippen LogP contribution is 2.20. The van der Waals surface area contributed by atoms with Crippen LogP contribution >= 0.6 is 24.0 Å². The van der Waals surface area contributed by atoms with E-state index in [2.05, 4.69) is 58.3 Å². The van der Waals surface area contributed by atoms with Gasteiger partial charge in [-0.1, -0.05) is 50.2 Å². The molecule has 0 saturated carbocycles. The number of hydrogen-bond acceptors (Lipinski definition) is 3. The fourth-order valence-corrected chi connectivity index (χ4v) is 2.88. The van der Waals surface area contributed by atoms with Crippen LogP contribution in [0.25, 0.3) is 0 Å². The SMILES string of the molecule is CCN(CC)C(CN=C(N)NCCc1ccccn1)c1ccccc1.I. The van der Waals surface area contributed by atoms with Gasteiger partial charge in [0.05, 0.1) is 12.6 Å². The van der Waals surface area contributed by atoms with Crippen LogP contribution in [0, 0.1) is 0 Å². The molecule has 5 nitrogen and oxygen atoms in total. The van der Waals surface area contributed by atoms with Gasteiger partial charge >= 0.3 is 0 Å². The molecule has 1 aromatic carbocycles. The summed E-state index contributed by atoms with van der Waals surface area (Å²) in [6.07, 6.45) is 2.64. The molecule has 26 heavy (non-hydrogen) atoms. The molecule has 0 fully saturated rings. The van der Waals surface area contributed by atoms with Gasteiger partial charge in [0.15, 0.2) is 5.96 Å².